The van der Waals surface area contributed by atoms with Crippen molar-refractivity contribution in [3.05, 3.63) is 28.8 Å². The second kappa shape index (κ2) is 6.89. The molecular formula is C17H22ClN3O2. The molecule has 3 rings (SSSR count). The first kappa shape index (κ1) is 16.3. The van der Waals surface area contributed by atoms with Gasteiger partial charge in [0.2, 0.25) is 11.8 Å². The van der Waals surface area contributed by atoms with E-state index in [1.54, 1.807) is 6.07 Å². The summed E-state index contributed by atoms with van der Waals surface area (Å²) in [6, 6.07) is 5.43. The van der Waals surface area contributed by atoms with Crippen LogP contribution in [0.2, 0.25) is 5.02 Å². The highest BCUT2D eigenvalue weighted by molar-refractivity contribution is 6.31. The van der Waals surface area contributed by atoms with Crippen LogP contribution in [-0.2, 0) is 9.59 Å². The van der Waals surface area contributed by atoms with Crippen molar-refractivity contribution in [2.24, 2.45) is 0 Å². The van der Waals surface area contributed by atoms with Gasteiger partial charge in [0, 0.05) is 22.8 Å². The van der Waals surface area contributed by atoms with E-state index in [1.165, 1.54) is 6.42 Å². The molecule has 3 N–H and O–H groups in total. The Kier molecular flexibility index (Phi) is 4.87. The predicted molar refractivity (Wildman–Crippen MR) is 90.5 cm³/mol. The smallest absolute Gasteiger partial charge is 0.237 e. The zero-order chi connectivity index (χ0) is 16.4. The third kappa shape index (κ3) is 3.85. The van der Waals surface area contributed by atoms with Crippen molar-refractivity contribution in [3.8, 4) is 0 Å². The molecule has 1 aromatic carbocycles. The average molecular weight is 336 g/mol. The molecule has 2 aliphatic rings. The van der Waals surface area contributed by atoms with Crippen molar-refractivity contribution in [2.75, 3.05) is 5.32 Å². The van der Waals surface area contributed by atoms with Crippen molar-refractivity contribution >= 4 is 29.1 Å². The van der Waals surface area contributed by atoms with Crippen molar-refractivity contribution in [3.63, 3.8) is 0 Å². The first-order valence-corrected chi connectivity index (χ1v) is 8.53. The molecule has 2 amide bonds. The van der Waals surface area contributed by atoms with Crippen LogP contribution in [0.3, 0.4) is 0 Å². The zero-order valence-corrected chi connectivity index (χ0v) is 14.0. The summed E-state index contributed by atoms with van der Waals surface area (Å²) in [7, 11) is 0. The van der Waals surface area contributed by atoms with E-state index in [4.69, 9.17) is 11.6 Å². The monoisotopic (exact) mass is 335 g/mol. The third-order valence-corrected chi connectivity index (χ3v) is 5.08. The number of nitrogens with one attached hydrogen (secondary N) is 3. The molecule has 1 saturated carbocycles. The minimum atomic E-state index is -0.463. The molecule has 5 nitrogen and oxygen atoms in total. The highest BCUT2D eigenvalue weighted by atomic mass is 35.5. The lowest BCUT2D eigenvalue weighted by atomic mass is 9.87. The molecule has 1 saturated heterocycles. The van der Waals surface area contributed by atoms with Crippen molar-refractivity contribution < 1.29 is 9.59 Å². The number of hydrogen-bond donors (Lipinski definition) is 3. The number of aryl methyl sites for hydroxylation is 1. The van der Waals surface area contributed by atoms with Crippen LogP contribution in [0.5, 0.6) is 0 Å². The quantitative estimate of drug-likeness (QED) is 0.794. The first-order valence-electron chi connectivity index (χ1n) is 8.15. The van der Waals surface area contributed by atoms with Crippen LogP contribution < -0.4 is 16.0 Å². The number of halogens is 1. The standard InChI is InChI=1S/C17H22ClN3O2/c1-10-6-7-11(8-12(10)18)19-16(22)9-15-17(23)21-14-5-3-2-4-13(14)20-15/h6-8,13-15,20H,2-5,9H2,1H3,(H,19,22)(H,21,23)/t13-,14-,15-/m0/s1. The molecule has 1 aliphatic heterocycles. The summed E-state index contributed by atoms with van der Waals surface area (Å²) in [6.07, 6.45) is 4.52. The number of carbonyl (C=O) groups is 2. The molecule has 0 radical (unpaired) electrons. The highest BCUT2D eigenvalue weighted by Gasteiger charge is 2.36. The van der Waals surface area contributed by atoms with Gasteiger partial charge in [-0.25, -0.2) is 0 Å². The average Bonchev–Trinajstić information content (AvgIpc) is 2.51. The van der Waals surface area contributed by atoms with Gasteiger partial charge in [0.1, 0.15) is 0 Å². The molecule has 23 heavy (non-hydrogen) atoms. The Morgan fingerprint density at radius 3 is 2.78 bits per heavy atom. The lowest BCUT2D eigenvalue weighted by molar-refractivity contribution is -0.129. The number of rotatable bonds is 3. The van der Waals surface area contributed by atoms with E-state index in [0.29, 0.717) is 10.7 Å². The maximum atomic E-state index is 12.2. The molecule has 0 unspecified atom stereocenters. The SMILES string of the molecule is Cc1ccc(NC(=O)C[C@@H]2N[C@H]3CCCC[C@@H]3NC2=O)cc1Cl. The molecule has 3 atom stereocenters. The topological polar surface area (TPSA) is 70.2 Å². The minimum Gasteiger partial charge on any atom is -0.350 e. The normalized spacial score (nSPS) is 27.0. The van der Waals surface area contributed by atoms with Crippen LogP contribution in [0.1, 0.15) is 37.7 Å². The Balaban J connectivity index is 1.58. The van der Waals surface area contributed by atoms with Crippen LogP contribution in [0.25, 0.3) is 0 Å². The number of benzene rings is 1. The van der Waals surface area contributed by atoms with E-state index in [-0.39, 0.29) is 30.3 Å². The van der Waals surface area contributed by atoms with E-state index in [9.17, 15) is 9.59 Å². The summed E-state index contributed by atoms with van der Waals surface area (Å²) < 4.78 is 0. The fraction of sp³-hybridized carbons (Fsp3) is 0.529. The van der Waals surface area contributed by atoms with Gasteiger partial charge in [0.05, 0.1) is 12.5 Å². The van der Waals surface area contributed by atoms with E-state index in [0.717, 1.165) is 24.8 Å². The van der Waals surface area contributed by atoms with Gasteiger partial charge in [0.25, 0.3) is 0 Å². The first-order chi connectivity index (χ1) is 11.0. The Morgan fingerprint density at radius 2 is 2.04 bits per heavy atom. The molecule has 1 aromatic rings. The second-order valence-corrected chi connectivity index (χ2v) is 6.85. The predicted octanol–water partition coefficient (Wildman–Crippen LogP) is 2.38. The zero-order valence-electron chi connectivity index (χ0n) is 13.2. The summed E-state index contributed by atoms with van der Waals surface area (Å²) in [6.45, 7) is 1.91. The molecular weight excluding hydrogens is 314 g/mol. The fourth-order valence-corrected chi connectivity index (χ4v) is 3.52. The summed E-state index contributed by atoms with van der Waals surface area (Å²) in [5, 5.41) is 9.81. The van der Waals surface area contributed by atoms with Gasteiger partial charge in [-0.15, -0.1) is 0 Å². The van der Waals surface area contributed by atoms with Gasteiger partial charge in [-0.2, -0.15) is 0 Å². The summed E-state index contributed by atoms with van der Waals surface area (Å²) in [5.41, 5.74) is 1.61. The van der Waals surface area contributed by atoms with Gasteiger partial charge in [-0.3, -0.25) is 9.59 Å². The lowest BCUT2D eigenvalue weighted by Gasteiger charge is -2.40. The number of amides is 2. The molecule has 1 heterocycles. The van der Waals surface area contributed by atoms with Gasteiger partial charge < -0.3 is 16.0 Å². The van der Waals surface area contributed by atoms with Crippen LogP contribution in [0.15, 0.2) is 18.2 Å². The Bertz CT molecular complexity index is 620. The summed E-state index contributed by atoms with van der Waals surface area (Å²) in [5.74, 6) is -0.267. The van der Waals surface area contributed by atoms with E-state index in [1.807, 2.05) is 19.1 Å². The number of fused-ring (bicyclic) bond motifs is 1. The number of piperazine rings is 1. The van der Waals surface area contributed by atoms with Crippen molar-refractivity contribution in [1.82, 2.24) is 10.6 Å². The lowest BCUT2D eigenvalue weighted by Crippen LogP contribution is -2.65. The molecule has 6 heteroatoms. The third-order valence-electron chi connectivity index (χ3n) is 4.67. The number of carbonyl (C=O) groups excluding carboxylic acids is 2. The Morgan fingerprint density at radius 1 is 1.30 bits per heavy atom. The molecule has 124 valence electrons. The maximum absolute atomic E-state index is 12.2. The highest BCUT2D eigenvalue weighted by Crippen LogP contribution is 2.23. The fourth-order valence-electron chi connectivity index (χ4n) is 3.34. The molecule has 0 aromatic heterocycles. The Hall–Kier alpha value is -1.59. The largest absolute Gasteiger partial charge is 0.350 e. The maximum Gasteiger partial charge on any atom is 0.237 e. The van der Waals surface area contributed by atoms with Crippen molar-refractivity contribution in [1.29, 1.82) is 0 Å². The van der Waals surface area contributed by atoms with Crippen LogP contribution in [-0.4, -0.2) is 29.9 Å². The number of anilines is 1. The van der Waals surface area contributed by atoms with Crippen LogP contribution in [0, 0.1) is 6.92 Å². The summed E-state index contributed by atoms with van der Waals surface area (Å²) >= 11 is 6.06. The van der Waals surface area contributed by atoms with E-state index >= 15 is 0 Å². The van der Waals surface area contributed by atoms with Crippen LogP contribution in [0.4, 0.5) is 5.69 Å². The van der Waals surface area contributed by atoms with Gasteiger partial charge >= 0.3 is 0 Å². The molecule has 0 spiro atoms. The molecule has 2 fully saturated rings. The second-order valence-electron chi connectivity index (χ2n) is 6.44. The minimum absolute atomic E-state index is 0.0785. The van der Waals surface area contributed by atoms with Gasteiger partial charge in [0.15, 0.2) is 0 Å². The summed E-state index contributed by atoms with van der Waals surface area (Å²) in [4.78, 5) is 24.4. The van der Waals surface area contributed by atoms with Crippen molar-refractivity contribution in [2.45, 2.75) is 57.2 Å². The molecule has 1 aliphatic carbocycles. The van der Waals surface area contributed by atoms with E-state index in [2.05, 4.69) is 16.0 Å². The van der Waals surface area contributed by atoms with Gasteiger partial charge in [-0.05, 0) is 37.5 Å². The van der Waals surface area contributed by atoms with Crippen LogP contribution >= 0.6 is 11.6 Å². The molecule has 0 bridgehead atoms. The Labute approximate surface area is 141 Å². The van der Waals surface area contributed by atoms with E-state index < -0.39 is 6.04 Å². The number of hydrogen-bond acceptors (Lipinski definition) is 3. The van der Waals surface area contributed by atoms with Gasteiger partial charge in [-0.1, -0.05) is 30.5 Å².